The summed E-state index contributed by atoms with van der Waals surface area (Å²) in [6.45, 7) is 0.659. The van der Waals surface area contributed by atoms with Gasteiger partial charge in [0.25, 0.3) is 0 Å². The lowest BCUT2D eigenvalue weighted by atomic mass is 10.0. The summed E-state index contributed by atoms with van der Waals surface area (Å²) in [5, 5.41) is 4.00. The van der Waals surface area contributed by atoms with Crippen molar-refractivity contribution in [1.29, 1.82) is 0 Å². The molecule has 0 heterocycles. The smallest absolute Gasteiger partial charge is 0.339 e. The molecule has 19 heavy (non-hydrogen) atoms. The number of nitrogens with two attached hydrogens (primary N) is 1. The summed E-state index contributed by atoms with van der Waals surface area (Å²) < 4.78 is 4.79. The Hall–Kier alpha value is -1.26. The number of carbonyl (C=O) groups is 1. The first-order valence-electron chi connectivity index (χ1n) is 6.50. The minimum atomic E-state index is -0.360. The third kappa shape index (κ3) is 3.19. The molecule has 4 nitrogen and oxygen atoms in total. The molecule has 0 bridgehead atoms. The molecule has 5 heteroatoms. The van der Waals surface area contributed by atoms with Crippen LogP contribution in [0, 0.1) is 5.92 Å². The number of methoxy groups -OCH3 is 1. The fourth-order valence-corrected chi connectivity index (χ4v) is 2.80. The average Bonchev–Trinajstić information content (AvgIpc) is 2.85. The average molecular weight is 283 g/mol. The topological polar surface area (TPSA) is 64.3 Å². The standard InChI is InChI=1S/C14H19ClN2O2/c1-19-14(18)11-6-5-10(15)7-13(11)17-12-4-2-3-9(12)8-16/h5-7,9,12,17H,2-4,8,16H2,1H3. The van der Waals surface area contributed by atoms with E-state index < -0.39 is 0 Å². The van der Waals surface area contributed by atoms with Crippen LogP contribution in [0.4, 0.5) is 5.69 Å². The fourth-order valence-electron chi connectivity index (χ4n) is 2.63. The summed E-state index contributed by atoms with van der Waals surface area (Å²) in [6, 6.07) is 5.43. The van der Waals surface area contributed by atoms with Gasteiger partial charge >= 0.3 is 5.97 Å². The summed E-state index contributed by atoms with van der Waals surface area (Å²) in [5.74, 6) is 0.0888. The first-order chi connectivity index (χ1) is 9.15. The first kappa shape index (κ1) is 14.2. The van der Waals surface area contributed by atoms with Crippen LogP contribution in [-0.2, 0) is 4.74 Å². The monoisotopic (exact) mass is 282 g/mol. The normalized spacial score (nSPS) is 22.3. The molecule has 1 fully saturated rings. The lowest BCUT2D eigenvalue weighted by molar-refractivity contribution is 0.0602. The molecule has 2 rings (SSSR count). The molecule has 0 radical (unpaired) electrons. The van der Waals surface area contributed by atoms with Crippen molar-refractivity contribution in [3.63, 3.8) is 0 Å². The first-order valence-corrected chi connectivity index (χ1v) is 6.88. The number of carbonyl (C=O) groups excluding carboxylic acids is 1. The van der Waals surface area contributed by atoms with E-state index in [1.165, 1.54) is 7.11 Å². The Labute approximate surface area is 118 Å². The summed E-state index contributed by atoms with van der Waals surface area (Å²) >= 11 is 6.00. The molecule has 0 spiro atoms. The van der Waals surface area contributed by atoms with Gasteiger partial charge in [-0.25, -0.2) is 4.79 Å². The maximum absolute atomic E-state index is 11.7. The number of esters is 1. The van der Waals surface area contributed by atoms with Crippen molar-refractivity contribution in [1.82, 2.24) is 0 Å². The number of rotatable bonds is 4. The zero-order chi connectivity index (χ0) is 13.8. The van der Waals surface area contributed by atoms with Gasteiger partial charge in [0.2, 0.25) is 0 Å². The molecule has 0 aromatic heterocycles. The van der Waals surface area contributed by atoms with Crippen LogP contribution in [0.25, 0.3) is 0 Å². The highest BCUT2D eigenvalue weighted by Crippen LogP contribution is 2.30. The molecule has 0 aliphatic heterocycles. The Bertz CT molecular complexity index is 465. The molecular weight excluding hydrogens is 264 g/mol. The van der Waals surface area contributed by atoms with E-state index in [1.807, 2.05) is 0 Å². The van der Waals surface area contributed by atoms with Crippen molar-refractivity contribution >= 4 is 23.3 Å². The summed E-state index contributed by atoms with van der Waals surface area (Å²) in [4.78, 5) is 11.7. The van der Waals surface area contributed by atoms with Crippen LogP contribution < -0.4 is 11.1 Å². The van der Waals surface area contributed by atoms with Crippen LogP contribution in [0.5, 0.6) is 0 Å². The number of hydrogen-bond acceptors (Lipinski definition) is 4. The molecule has 0 saturated heterocycles. The highest BCUT2D eigenvalue weighted by atomic mass is 35.5. The number of hydrogen-bond donors (Lipinski definition) is 2. The highest BCUT2D eigenvalue weighted by Gasteiger charge is 2.27. The van der Waals surface area contributed by atoms with Crippen LogP contribution in [0.2, 0.25) is 5.02 Å². The Kier molecular flexibility index (Phi) is 4.66. The van der Waals surface area contributed by atoms with Crippen molar-refractivity contribution in [3.8, 4) is 0 Å². The molecule has 1 aliphatic carbocycles. The van der Waals surface area contributed by atoms with Crippen LogP contribution in [0.15, 0.2) is 18.2 Å². The van der Waals surface area contributed by atoms with Crippen molar-refractivity contribution in [2.45, 2.75) is 25.3 Å². The van der Waals surface area contributed by atoms with Crippen LogP contribution >= 0.6 is 11.6 Å². The molecule has 1 aromatic carbocycles. The molecular formula is C14H19ClN2O2. The largest absolute Gasteiger partial charge is 0.465 e. The maximum atomic E-state index is 11.7. The van der Waals surface area contributed by atoms with E-state index in [9.17, 15) is 4.79 Å². The minimum absolute atomic E-state index is 0.298. The SMILES string of the molecule is COC(=O)c1ccc(Cl)cc1NC1CCCC1CN. The van der Waals surface area contributed by atoms with Crippen LogP contribution in [0.1, 0.15) is 29.6 Å². The number of benzene rings is 1. The van der Waals surface area contributed by atoms with Gasteiger partial charge in [-0.3, -0.25) is 0 Å². The van der Waals surface area contributed by atoms with Gasteiger partial charge in [0.1, 0.15) is 0 Å². The number of halogens is 1. The third-order valence-electron chi connectivity index (χ3n) is 3.69. The van der Waals surface area contributed by atoms with Gasteiger partial charge < -0.3 is 15.8 Å². The quantitative estimate of drug-likeness (QED) is 0.834. The minimum Gasteiger partial charge on any atom is -0.465 e. The van der Waals surface area contributed by atoms with Gasteiger partial charge in [-0.1, -0.05) is 18.0 Å². The Morgan fingerprint density at radius 1 is 1.53 bits per heavy atom. The number of anilines is 1. The second-order valence-corrected chi connectivity index (χ2v) is 5.30. The van der Waals surface area contributed by atoms with Crippen molar-refractivity contribution in [2.24, 2.45) is 11.7 Å². The second-order valence-electron chi connectivity index (χ2n) is 4.86. The van der Waals surface area contributed by atoms with Crippen LogP contribution in [0.3, 0.4) is 0 Å². The maximum Gasteiger partial charge on any atom is 0.339 e. The molecule has 1 saturated carbocycles. The summed E-state index contributed by atoms with van der Waals surface area (Å²) in [5.41, 5.74) is 7.01. The summed E-state index contributed by atoms with van der Waals surface area (Å²) in [6.07, 6.45) is 3.35. The van der Waals surface area contributed by atoms with Crippen molar-refractivity contribution in [3.05, 3.63) is 28.8 Å². The second kappa shape index (κ2) is 6.26. The van der Waals surface area contributed by atoms with Crippen molar-refractivity contribution in [2.75, 3.05) is 19.0 Å². The zero-order valence-corrected chi connectivity index (χ0v) is 11.7. The fraction of sp³-hybridized carbons (Fsp3) is 0.500. The van der Waals surface area contributed by atoms with Gasteiger partial charge in [-0.2, -0.15) is 0 Å². The molecule has 3 N–H and O–H groups in total. The van der Waals surface area contributed by atoms with Crippen LogP contribution in [-0.4, -0.2) is 25.7 Å². The van der Waals surface area contributed by atoms with Gasteiger partial charge in [0.15, 0.2) is 0 Å². The van der Waals surface area contributed by atoms with Gasteiger partial charge in [0, 0.05) is 11.1 Å². The van der Waals surface area contributed by atoms with Gasteiger partial charge in [-0.15, -0.1) is 0 Å². The lowest BCUT2D eigenvalue weighted by Gasteiger charge is -2.22. The Balaban J connectivity index is 2.23. The van der Waals surface area contributed by atoms with E-state index in [4.69, 9.17) is 22.1 Å². The number of nitrogens with one attached hydrogen (secondary N) is 1. The van der Waals surface area contributed by atoms with E-state index >= 15 is 0 Å². The predicted octanol–water partition coefficient (Wildman–Crippen LogP) is 2.67. The number of ether oxygens (including phenoxy) is 1. The van der Waals surface area contributed by atoms with Gasteiger partial charge in [0.05, 0.1) is 18.4 Å². The molecule has 1 aliphatic rings. The molecule has 1 aromatic rings. The van der Waals surface area contributed by atoms with E-state index in [0.717, 1.165) is 24.9 Å². The molecule has 104 valence electrons. The third-order valence-corrected chi connectivity index (χ3v) is 3.92. The molecule has 2 atom stereocenters. The molecule has 2 unspecified atom stereocenters. The van der Waals surface area contributed by atoms with E-state index in [1.54, 1.807) is 18.2 Å². The zero-order valence-electron chi connectivity index (χ0n) is 11.0. The Morgan fingerprint density at radius 2 is 2.32 bits per heavy atom. The lowest BCUT2D eigenvalue weighted by Crippen LogP contribution is -2.30. The van der Waals surface area contributed by atoms with E-state index in [2.05, 4.69) is 5.32 Å². The van der Waals surface area contributed by atoms with E-state index in [-0.39, 0.29) is 5.97 Å². The predicted molar refractivity (Wildman–Crippen MR) is 76.6 cm³/mol. The molecule has 0 amide bonds. The summed E-state index contributed by atoms with van der Waals surface area (Å²) in [7, 11) is 1.37. The Morgan fingerprint density at radius 3 is 3.00 bits per heavy atom. The van der Waals surface area contributed by atoms with Crippen molar-refractivity contribution < 1.29 is 9.53 Å². The van der Waals surface area contributed by atoms with Gasteiger partial charge in [-0.05, 0) is 43.5 Å². The van der Waals surface area contributed by atoms with E-state index in [0.29, 0.717) is 29.1 Å². The highest BCUT2D eigenvalue weighted by molar-refractivity contribution is 6.31.